The summed E-state index contributed by atoms with van der Waals surface area (Å²) in [6, 6.07) is 0. The Balaban J connectivity index is 4.92. The molecule has 1 heteroatoms. The van der Waals surface area contributed by atoms with Crippen LogP contribution < -0.4 is 0 Å². The Morgan fingerprint density at radius 3 is 1.53 bits per heavy atom. The maximum absolute atomic E-state index is 11.4. The van der Waals surface area contributed by atoms with Crippen molar-refractivity contribution in [3.8, 4) is 0 Å². The van der Waals surface area contributed by atoms with E-state index in [1.807, 2.05) is 0 Å². The van der Waals surface area contributed by atoms with Crippen molar-refractivity contribution >= 4 is 6.29 Å². The number of rotatable bonds is 9. The predicted molar refractivity (Wildman–Crippen MR) is 76.1 cm³/mol. The van der Waals surface area contributed by atoms with Gasteiger partial charge in [-0.3, -0.25) is 0 Å². The van der Waals surface area contributed by atoms with E-state index in [4.69, 9.17) is 0 Å². The van der Waals surface area contributed by atoms with E-state index in [9.17, 15) is 4.79 Å². The van der Waals surface area contributed by atoms with Crippen molar-refractivity contribution in [3.63, 3.8) is 0 Å². The van der Waals surface area contributed by atoms with Gasteiger partial charge in [-0.1, -0.05) is 63.8 Å². The maximum atomic E-state index is 11.4. The lowest BCUT2D eigenvalue weighted by molar-refractivity contribution is -0.109. The highest BCUT2D eigenvalue weighted by atomic mass is 16.1. The fourth-order valence-corrected chi connectivity index (χ4v) is 2.05. The van der Waals surface area contributed by atoms with E-state index >= 15 is 0 Å². The van der Waals surface area contributed by atoms with Gasteiger partial charge in [-0.2, -0.15) is 0 Å². The summed E-state index contributed by atoms with van der Waals surface area (Å²) in [6.45, 7) is 8.64. The first kappa shape index (κ1) is 16.1. The molecule has 1 nitrogen and oxygen atoms in total. The second-order valence-electron chi connectivity index (χ2n) is 4.46. The Hall–Kier alpha value is -0.850. The van der Waals surface area contributed by atoms with Crippen molar-refractivity contribution in [2.45, 2.75) is 66.2 Å². The minimum atomic E-state index is 0.0306. The van der Waals surface area contributed by atoms with Crippen LogP contribution in [-0.2, 0) is 4.79 Å². The second kappa shape index (κ2) is 10.3. The first-order chi connectivity index (χ1) is 8.24. The molecule has 0 atom stereocenters. The molecule has 0 rings (SSSR count). The highest BCUT2D eigenvalue weighted by molar-refractivity contribution is 5.64. The van der Waals surface area contributed by atoms with Crippen molar-refractivity contribution < 1.29 is 4.79 Å². The Bertz CT molecular complexity index is 237. The zero-order valence-electron chi connectivity index (χ0n) is 12.0. The van der Waals surface area contributed by atoms with E-state index in [1.165, 1.54) is 11.1 Å². The van der Waals surface area contributed by atoms with Gasteiger partial charge in [0.2, 0.25) is 0 Å². The van der Waals surface area contributed by atoms with Crippen LogP contribution >= 0.6 is 0 Å². The van der Waals surface area contributed by atoms with Crippen LogP contribution in [-0.4, -0.2) is 6.29 Å². The third kappa shape index (κ3) is 5.86. The van der Waals surface area contributed by atoms with Crippen molar-refractivity contribution in [3.05, 3.63) is 23.3 Å². The summed E-state index contributed by atoms with van der Waals surface area (Å²) in [6.07, 6.45) is 12.1. The van der Waals surface area contributed by atoms with Crippen molar-refractivity contribution in [2.75, 3.05) is 0 Å². The summed E-state index contributed by atoms with van der Waals surface area (Å²) in [7, 11) is 0. The lowest BCUT2D eigenvalue weighted by Crippen LogP contribution is -2.09. The molecular formula is C16H28O. The number of allylic oxidation sites excluding steroid dienone is 4. The molecule has 0 fully saturated rings. The molecule has 0 heterocycles. The first-order valence-electron chi connectivity index (χ1n) is 7.08. The van der Waals surface area contributed by atoms with Crippen molar-refractivity contribution in [2.24, 2.45) is 5.92 Å². The fourth-order valence-electron chi connectivity index (χ4n) is 2.05. The Morgan fingerprint density at radius 2 is 1.29 bits per heavy atom. The van der Waals surface area contributed by atoms with Crippen molar-refractivity contribution in [1.29, 1.82) is 0 Å². The number of hydrogen-bond donors (Lipinski definition) is 0. The average molecular weight is 236 g/mol. The average Bonchev–Trinajstić information content (AvgIpc) is 2.37. The lowest BCUT2D eigenvalue weighted by Gasteiger charge is -2.17. The first-order valence-corrected chi connectivity index (χ1v) is 7.08. The molecule has 0 saturated carbocycles. The molecule has 0 saturated heterocycles. The van der Waals surface area contributed by atoms with Crippen LogP contribution in [0.2, 0.25) is 0 Å². The largest absolute Gasteiger partial charge is 0.302 e. The van der Waals surface area contributed by atoms with Crippen LogP contribution in [0.1, 0.15) is 66.2 Å². The Labute approximate surface area is 107 Å². The number of unbranched alkanes of at least 4 members (excludes halogenated alkanes) is 2. The molecule has 0 aliphatic rings. The van der Waals surface area contributed by atoms with Crippen LogP contribution in [0.5, 0.6) is 0 Å². The zero-order chi connectivity index (χ0) is 13.1. The van der Waals surface area contributed by atoms with E-state index in [0.717, 1.165) is 44.8 Å². The molecule has 0 aliphatic heterocycles. The Kier molecular flexibility index (Phi) is 9.80. The van der Waals surface area contributed by atoms with Gasteiger partial charge in [-0.25, -0.2) is 0 Å². The number of carbonyl (C=O) groups excluding carboxylic acids is 1. The highest BCUT2D eigenvalue weighted by Gasteiger charge is 2.15. The molecule has 0 unspecified atom stereocenters. The molecular weight excluding hydrogens is 208 g/mol. The van der Waals surface area contributed by atoms with Crippen LogP contribution in [0.15, 0.2) is 23.3 Å². The molecule has 17 heavy (non-hydrogen) atoms. The van der Waals surface area contributed by atoms with E-state index in [0.29, 0.717) is 0 Å². The van der Waals surface area contributed by atoms with E-state index in [-0.39, 0.29) is 5.92 Å². The van der Waals surface area contributed by atoms with Gasteiger partial charge in [0.1, 0.15) is 6.29 Å². The summed E-state index contributed by atoms with van der Waals surface area (Å²) in [5.41, 5.74) is 2.59. The number of hydrogen-bond acceptors (Lipinski definition) is 1. The van der Waals surface area contributed by atoms with Crippen LogP contribution in [0.3, 0.4) is 0 Å². The van der Waals surface area contributed by atoms with Gasteiger partial charge >= 0.3 is 0 Å². The van der Waals surface area contributed by atoms with Gasteiger partial charge in [0.05, 0.1) is 5.92 Å². The van der Waals surface area contributed by atoms with Crippen LogP contribution in [0.4, 0.5) is 0 Å². The molecule has 0 aliphatic carbocycles. The summed E-state index contributed by atoms with van der Waals surface area (Å²) < 4.78 is 0. The molecule has 98 valence electrons. The van der Waals surface area contributed by atoms with Crippen LogP contribution in [0.25, 0.3) is 0 Å². The maximum Gasteiger partial charge on any atom is 0.131 e. The van der Waals surface area contributed by atoms with E-state index in [1.54, 1.807) is 0 Å². The van der Waals surface area contributed by atoms with Gasteiger partial charge in [0, 0.05) is 0 Å². The quantitative estimate of drug-likeness (QED) is 0.403. The van der Waals surface area contributed by atoms with Gasteiger partial charge in [0.25, 0.3) is 0 Å². The highest BCUT2D eigenvalue weighted by Crippen LogP contribution is 2.25. The normalized spacial score (nSPS) is 14.8. The molecule has 0 spiro atoms. The third-order valence-corrected chi connectivity index (χ3v) is 3.14. The fraction of sp³-hybridized carbons (Fsp3) is 0.688. The molecule has 0 aromatic rings. The summed E-state index contributed by atoms with van der Waals surface area (Å²) in [5, 5.41) is 0. The van der Waals surface area contributed by atoms with Gasteiger partial charge in [-0.05, 0) is 25.7 Å². The molecule has 0 amide bonds. The molecule has 0 N–H and O–H groups in total. The van der Waals surface area contributed by atoms with Gasteiger partial charge < -0.3 is 4.79 Å². The molecule has 0 radical (unpaired) electrons. The Morgan fingerprint density at radius 1 is 0.882 bits per heavy atom. The minimum absolute atomic E-state index is 0.0306. The van der Waals surface area contributed by atoms with E-state index in [2.05, 4.69) is 39.8 Å². The summed E-state index contributed by atoms with van der Waals surface area (Å²) >= 11 is 0. The smallest absolute Gasteiger partial charge is 0.131 e. The van der Waals surface area contributed by atoms with Crippen molar-refractivity contribution in [1.82, 2.24) is 0 Å². The van der Waals surface area contributed by atoms with Gasteiger partial charge in [-0.15, -0.1) is 0 Å². The minimum Gasteiger partial charge on any atom is -0.302 e. The zero-order valence-corrected chi connectivity index (χ0v) is 12.0. The standard InChI is InChI=1S/C16H28O/c1-5-9-11-14(7-3)16(13-17)15(8-4)12-10-6-2/h11-13,16H,5-10H2,1-4H3/b14-11+,15-12+. The SMILES string of the molecule is CCC/C=C(\CC)C(C=O)/C(=C/CCC)CC. The van der Waals surface area contributed by atoms with Crippen LogP contribution in [0, 0.1) is 5.92 Å². The van der Waals surface area contributed by atoms with E-state index < -0.39 is 0 Å². The number of aldehydes is 1. The lowest BCUT2D eigenvalue weighted by atomic mass is 9.87. The molecule has 0 bridgehead atoms. The predicted octanol–water partition coefficient (Wildman–Crippen LogP) is 5.07. The van der Waals surface area contributed by atoms with Gasteiger partial charge in [0.15, 0.2) is 0 Å². The monoisotopic (exact) mass is 236 g/mol. The molecule has 0 aromatic heterocycles. The number of carbonyl (C=O) groups is 1. The summed E-state index contributed by atoms with van der Waals surface area (Å²) in [4.78, 5) is 11.4. The molecule has 0 aromatic carbocycles. The summed E-state index contributed by atoms with van der Waals surface area (Å²) in [5.74, 6) is 0.0306. The second-order valence-corrected chi connectivity index (χ2v) is 4.46. The topological polar surface area (TPSA) is 17.1 Å². The third-order valence-electron chi connectivity index (χ3n) is 3.14.